The number of likely N-dealkylation sites (N-methyl/N-ethyl adjacent to an activating group) is 1. The van der Waals surface area contributed by atoms with Gasteiger partial charge in [0.05, 0.1) is 12.0 Å². The summed E-state index contributed by atoms with van der Waals surface area (Å²) in [5, 5.41) is 3.53. The van der Waals surface area contributed by atoms with Crippen molar-refractivity contribution < 1.29 is 0 Å². The molecule has 1 heterocycles. The van der Waals surface area contributed by atoms with Crippen molar-refractivity contribution in [3.05, 3.63) is 17.7 Å². The van der Waals surface area contributed by atoms with Crippen molar-refractivity contribution in [3.63, 3.8) is 0 Å². The Morgan fingerprint density at radius 1 is 1.50 bits per heavy atom. The van der Waals surface area contributed by atoms with Crippen LogP contribution in [0, 0.1) is 6.92 Å². The van der Waals surface area contributed by atoms with E-state index in [4.69, 9.17) is 0 Å². The van der Waals surface area contributed by atoms with Gasteiger partial charge in [0.2, 0.25) is 0 Å². The molecule has 0 amide bonds. The van der Waals surface area contributed by atoms with E-state index in [9.17, 15) is 0 Å². The van der Waals surface area contributed by atoms with E-state index in [2.05, 4.69) is 41.2 Å². The molecule has 1 aliphatic carbocycles. The molecule has 1 saturated carbocycles. The van der Waals surface area contributed by atoms with Crippen LogP contribution in [0.25, 0.3) is 0 Å². The molecule has 16 heavy (non-hydrogen) atoms. The summed E-state index contributed by atoms with van der Waals surface area (Å²) in [6.45, 7) is 3.99. The van der Waals surface area contributed by atoms with Crippen LogP contribution in [0.5, 0.6) is 0 Å². The van der Waals surface area contributed by atoms with Gasteiger partial charge in [-0.15, -0.1) is 0 Å². The van der Waals surface area contributed by atoms with Crippen LogP contribution in [0.1, 0.15) is 30.7 Å². The third kappa shape index (κ3) is 2.13. The first kappa shape index (κ1) is 11.6. The number of rotatable bonds is 5. The zero-order valence-electron chi connectivity index (χ0n) is 10.5. The molecule has 4 heteroatoms. The number of hydrogen-bond donors (Lipinski definition) is 2. The molecule has 2 N–H and O–H groups in total. The summed E-state index contributed by atoms with van der Waals surface area (Å²) in [7, 11) is 4.36. The van der Waals surface area contributed by atoms with Crippen molar-refractivity contribution in [2.45, 2.75) is 38.3 Å². The highest BCUT2D eigenvalue weighted by atomic mass is 15.2. The first-order valence-electron chi connectivity index (χ1n) is 6.01. The molecular weight excluding hydrogens is 200 g/mol. The van der Waals surface area contributed by atoms with Gasteiger partial charge in [-0.3, -0.25) is 0 Å². The van der Waals surface area contributed by atoms with Crippen molar-refractivity contribution in [1.82, 2.24) is 20.2 Å². The first-order chi connectivity index (χ1) is 7.64. The van der Waals surface area contributed by atoms with Gasteiger partial charge in [-0.25, -0.2) is 4.98 Å². The van der Waals surface area contributed by atoms with E-state index in [-0.39, 0.29) is 0 Å². The minimum absolute atomic E-state index is 0.393. The molecular formula is C12H22N4. The van der Waals surface area contributed by atoms with Gasteiger partial charge < -0.3 is 15.2 Å². The van der Waals surface area contributed by atoms with Gasteiger partial charge in [-0.1, -0.05) is 0 Å². The summed E-state index contributed by atoms with van der Waals surface area (Å²) >= 11 is 0. The molecule has 0 aromatic carbocycles. The molecule has 2 rings (SSSR count). The molecule has 4 nitrogen and oxygen atoms in total. The Morgan fingerprint density at radius 2 is 2.25 bits per heavy atom. The van der Waals surface area contributed by atoms with E-state index in [1.165, 1.54) is 25.0 Å². The molecule has 90 valence electrons. The average molecular weight is 222 g/mol. The normalized spacial score (nSPS) is 18.8. The number of aromatic amines is 1. The van der Waals surface area contributed by atoms with Crippen LogP contribution in [0.15, 0.2) is 6.33 Å². The smallest absolute Gasteiger partial charge is 0.0925 e. The Labute approximate surface area is 97.4 Å². The lowest BCUT2D eigenvalue weighted by atomic mass is 9.75. The number of H-pyrrole nitrogens is 1. The fourth-order valence-electron chi connectivity index (χ4n) is 2.35. The number of nitrogens with one attached hydrogen (secondary N) is 2. The average Bonchev–Trinajstić information content (AvgIpc) is 2.55. The Bertz CT molecular complexity index is 339. The highest BCUT2D eigenvalue weighted by Gasteiger charge is 2.38. The molecule has 1 aromatic rings. The Balaban J connectivity index is 1.82. The predicted octanol–water partition coefficient (Wildman–Crippen LogP) is 1.29. The molecule has 0 bridgehead atoms. The van der Waals surface area contributed by atoms with E-state index >= 15 is 0 Å². The van der Waals surface area contributed by atoms with Crippen LogP contribution in [-0.4, -0.2) is 41.0 Å². The second-order valence-corrected chi connectivity index (χ2v) is 5.05. The van der Waals surface area contributed by atoms with Crippen molar-refractivity contribution in [2.24, 2.45) is 0 Å². The van der Waals surface area contributed by atoms with Crippen LogP contribution < -0.4 is 5.32 Å². The summed E-state index contributed by atoms with van der Waals surface area (Å²) in [6.07, 6.45) is 5.75. The van der Waals surface area contributed by atoms with E-state index in [0.29, 0.717) is 5.54 Å². The molecule has 0 aliphatic heterocycles. The second-order valence-electron chi connectivity index (χ2n) is 5.05. The lowest BCUT2D eigenvalue weighted by Gasteiger charge is -2.47. The number of aryl methyl sites for hydroxylation is 1. The molecule has 1 fully saturated rings. The zero-order valence-corrected chi connectivity index (χ0v) is 10.5. The summed E-state index contributed by atoms with van der Waals surface area (Å²) in [5.41, 5.74) is 2.69. The summed E-state index contributed by atoms with van der Waals surface area (Å²) < 4.78 is 0. The molecule has 0 spiro atoms. The SMILES string of the molecule is Cc1[nH]cnc1CNCC1(N(C)C)CCC1. The maximum absolute atomic E-state index is 4.29. The highest BCUT2D eigenvalue weighted by Crippen LogP contribution is 2.35. The van der Waals surface area contributed by atoms with Crippen molar-refractivity contribution >= 4 is 0 Å². The molecule has 0 unspecified atom stereocenters. The molecule has 0 radical (unpaired) electrons. The van der Waals surface area contributed by atoms with Gasteiger partial charge in [0, 0.05) is 24.3 Å². The zero-order chi connectivity index (χ0) is 11.6. The largest absolute Gasteiger partial charge is 0.348 e. The van der Waals surface area contributed by atoms with Crippen LogP contribution in [-0.2, 0) is 6.54 Å². The third-order valence-corrected chi connectivity index (χ3v) is 3.91. The van der Waals surface area contributed by atoms with Crippen LogP contribution in [0.2, 0.25) is 0 Å². The maximum atomic E-state index is 4.29. The maximum Gasteiger partial charge on any atom is 0.0925 e. The molecule has 0 saturated heterocycles. The number of imidazole rings is 1. The van der Waals surface area contributed by atoms with Crippen molar-refractivity contribution in [2.75, 3.05) is 20.6 Å². The number of aromatic nitrogens is 2. The predicted molar refractivity (Wildman–Crippen MR) is 65.3 cm³/mol. The first-order valence-corrected chi connectivity index (χ1v) is 6.01. The van der Waals surface area contributed by atoms with Gasteiger partial charge in [0.15, 0.2) is 0 Å². The molecule has 1 aliphatic rings. The lowest BCUT2D eigenvalue weighted by Crippen LogP contribution is -2.56. The molecule has 1 aromatic heterocycles. The summed E-state index contributed by atoms with van der Waals surface area (Å²) in [6, 6.07) is 0. The van der Waals surface area contributed by atoms with Gasteiger partial charge >= 0.3 is 0 Å². The van der Waals surface area contributed by atoms with Crippen molar-refractivity contribution in [3.8, 4) is 0 Å². The summed E-state index contributed by atoms with van der Waals surface area (Å²) in [4.78, 5) is 9.76. The fourth-order valence-corrected chi connectivity index (χ4v) is 2.35. The van der Waals surface area contributed by atoms with Crippen LogP contribution in [0.3, 0.4) is 0 Å². The highest BCUT2D eigenvalue weighted by molar-refractivity contribution is 5.08. The Hall–Kier alpha value is -0.870. The monoisotopic (exact) mass is 222 g/mol. The van der Waals surface area contributed by atoms with Gasteiger partial charge in [-0.05, 0) is 40.3 Å². The Morgan fingerprint density at radius 3 is 2.69 bits per heavy atom. The van der Waals surface area contributed by atoms with Crippen LogP contribution >= 0.6 is 0 Å². The van der Waals surface area contributed by atoms with E-state index < -0.39 is 0 Å². The lowest BCUT2D eigenvalue weighted by molar-refractivity contribution is 0.0597. The fraction of sp³-hybridized carbons (Fsp3) is 0.750. The van der Waals surface area contributed by atoms with Crippen molar-refractivity contribution in [1.29, 1.82) is 0 Å². The quantitative estimate of drug-likeness (QED) is 0.789. The van der Waals surface area contributed by atoms with Gasteiger partial charge in [0.25, 0.3) is 0 Å². The summed E-state index contributed by atoms with van der Waals surface area (Å²) in [5.74, 6) is 0. The van der Waals surface area contributed by atoms with E-state index in [1.807, 2.05) is 0 Å². The third-order valence-electron chi connectivity index (χ3n) is 3.91. The molecule has 0 atom stereocenters. The minimum Gasteiger partial charge on any atom is -0.348 e. The number of hydrogen-bond acceptors (Lipinski definition) is 3. The standard InChI is InChI=1S/C12H22N4/c1-10-11(15-9-14-10)7-13-8-12(16(2)3)5-4-6-12/h9,13H,4-8H2,1-3H3,(H,14,15). The van der Waals surface area contributed by atoms with E-state index in [1.54, 1.807) is 6.33 Å². The van der Waals surface area contributed by atoms with E-state index in [0.717, 1.165) is 18.8 Å². The number of nitrogens with zero attached hydrogens (tertiary/aromatic N) is 2. The van der Waals surface area contributed by atoms with Crippen LogP contribution in [0.4, 0.5) is 0 Å². The van der Waals surface area contributed by atoms with Gasteiger partial charge in [0.1, 0.15) is 0 Å². The Kier molecular flexibility index (Phi) is 3.30. The van der Waals surface area contributed by atoms with Gasteiger partial charge in [-0.2, -0.15) is 0 Å². The second kappa shape index (κ2) is 4.55. The topological polar surface area (TPSA) is 44.0 Å². The minimum atomic E-state index is 0.393.